The van der Waals surface area contributed by atoms with Crippen LogP contribution in [0.3, 0.4) is 0 Å². The van der Waals surface area contributed by atoms with Crippen LogP contribution in [0.2, 0.25) is 0 Å². The fraction of sp³-hybridized carbons (Fsp3) is 0.235. The molecule has 0 saturated carbocycles. The summed E-state index contributed by atoms with van der Waals surface area (Å²) < 4.78 is 10.6. The second-order valence-electron chi connectivity index (χ2n) is 5.53. The van der Waals surface area contributed by atoms with E-state index in [0.717, 1.165) is 5.69 Å². The van der Waals surface area contributed by atoms with Crippen LogP contribution in [0.25, 0.3) is 0 Å². The Bertz CT molecular complexity index is 775. The molecule has 6 nitrogen and oxygen atoms in total. The Labute approximate surface area is 132 Å². The van der Waals surface area contributed by atoms with Gasteiger partial charge in [0.1, 0.15) is 0 Å². The Kier molecular flexibility index (Phi) is 3.22. The molecule has 0 N–H and O–H groups in total. The first-order valence-electron chi connectivity index (χ1n) is 7.39. The van der Waals surface area contributed by atoms with Crippen molar-refractivity contribution in [1.29, 1.82) is 0 Å². The van der Waals surface area contributed by atoms with Crippen LogP contribution >= 0.6 is 0 Å². The lowest BCUT2D eigenvalue weighted by Crippen LogP contribution is -2.30. The Balaban J connectivity index is 1.58. The van der Waals surface area contributed by atoms with E-state index in [4.69, 9.17) is 9.47 Å². The second-order valence-corrected chi connectivity index (χ2v) is 5.53. The van der Waals surface area contributed by atoms with Gasteiger partial charge < -0.3 is 9.47 Å². The summed E-state index contributed by atoms with van der Waals surface area (Å²) in [5.41, 5.74) is 1.33. The second kappa shape index (κ2) is 5.39. The molecule has 116 valence electrons. The van der Waals surface area contributed by atoms with Crippen LogP contribution < -0.4 is 14.4 Å². The molecular formula is C17H14N2O4. The quantitative estimate of drug-likeness (QED) is 0.810. The number of hydrogen-bond donors (Lipinski definition) is 0. The Morgan fingerprint density at radius 3 is 2.83 bits per heavy atom. The third kappa shape index (κ3) is 2.42. The number of amides is 2. The van der Waals surface area contributed by atoms with Crippen molar-refractivity contribution in [3.63, 3.8) is 0 Å². The highest BCUT2D eigenvalue weighted by atomic mass is 16.7. The first-order chi connectivity index (χ1) is 11.2. The number of imide groups is 1. The Morgan fingerprint density at radius 1 is 1.13 bits per heavy atom. The smallest absolute Gasteiger partial charge is 0.237 e. The van der Waals surface area contributed by atoms with Gasteiger partial charge in [-0.3, -0.25) is 19.5 Å². The van der Waals surface area contributed by atoms with E-state index in [9.17, 15) is 9.59 Å². The summed E-state index contributed by atoms with van der Waals surface area (Å²) in [7, 11) is 0. The summed E-state index contributed by atoms with van der Waals surface area (Å²) >= 11 is 0. The highest BCUT2D eigenvalue weighted by Crippen LogP contribution is 2.37. The van der Waals surface area contributed by atoms with Gasteiger partial charge in [0, 0.05) is 30.8 Å². The van der Waals surface area contributed by atoms with Crippen molar-refractivity contribution in [2.45, 2.75) is 12.8 Å². The molecule has 0 bridgehead atoms. The van der Waals surface area contributed by atoms with E-state index in [2.05, 4.69) is 4.98 Å². The predicted octanol–water partition coefficient (Wildman–Crippen LogP) is 1.93. The van der Waals surface area contributed by atoms with E-state index in [-0.39, 0.29) is 30.9 Å². The highest BCUT2D eigenvalue weighted by molar-refractivity contribution is 6.21. The summed E-state index contributed by atoms with van der Waals surface area (Å²) in [5.74, 6) is 0.409. The van der Waals surface area contributed by atoms with Gasteiger partial charge in [0.25, 0.3) is 0 Å². The maximum Gasteiger partial charge on any atom is 0.237 e. The van der Waals surface area contributed by atoms with Crippen LogP contribution in [0.4, 0.5) is 5.69 Å². The molecule has 1 aromatic heterocycles. The number of rotatable bonds is 3. The molecule has 6 heteroatoms. The van der Waals surface area contributed by atoms with E-state index >= 15 is 0 Å². The molecule has 1 fully saturated rings. The van der Waals surface area contributed by atoms with E-state index < -0.39 is 0 Å². The van der Waals surface area contributed by atoms with Crippen LogP contribution in [0.5, 0.6) is 11.5 Å². The normalized spacial score (nSPS) is 19.5. The largest absolute Gasteiger partial charge is 0.454 e. The number of anilines is 1. The van der Waals surface area contributed by atoms with Crippen molar-refractivity contribution >= 4 is 17.5 Å². The molecule has 0 spiro atoms. The molecule has 3 heterocycles. The fourth-order valence-corrected chi connectivity index (χ4v) is 2.92. The minimum Gasteiger partial charge on any atom is -0.454 e. The summed E-state index contributed by atoms with van der Waals surface area (Å²) in [6.07, 6.45) is 2.35. The third-order valence-corrected chi connectivity index (χ3v) is 4.04. The van der Waals surface area contributed by atoms with E-state index in [1.54, 1.807) is 24.4 Å². The van der Waals surface area contributed by atoms with Crippen molar-refractivity contribution in [1.82, 2.24) is 4.98 Å². The van der Waals surface area contributed by atoms with Crippen LogP contribution in [0.15, 0.2) is 42.6 Å². The standard InChI is InChI=1S/C17H14N2O4/c20-16-8-11(7-12-3-1-2-6-18-12)17(21)19(16)13-4-5-14-15(9-13)23-10-22-14/h1-6,9,11H,7-8,10H2. The summed E-state index contributed by atoms with van der Waals surface area (Å²) in [6, 6.07) is 10.6. The maximum atomic E-state index is 12.6. The number of nitrogens with zero attached hydrogens (tertiary/aromatic N) is 2. The van der Waals surface area contributed by atoms with Crippen molar-refractivity contribution in [3.05, 3.63) is 48.3 Å². The summed E-state index contributed by atoms with van der Waals surface area (Å²) in [4.78, 5) is 30.4. The number of aromatic nitrogens is 1. The number of pyridine rings is 1. The number of benzene rings is 1. The van der Waals surface area contributed by atoms with Crippen molar-refractivity contribution in [2.75, 3.05) is 11.7 Å². The van der Waals surface area contributed by atoms with Gasteiger partial charge in [0.15, 0.2) is 11.5 Å². The molecule has 2 aliphatic rings. The predicted molar refractivity (Wildman–Crippen MR) is 81.1 cm³/mol. The van der Waals surface area contributed by atoms with E-state index in [0.29, 0.717) is 23.6 Å². The van der Waals surface area contributed by atoms with Crippen LogP contribution in [0, 0.1) is 5.92 Å². The molecule has 2 aliphatic heterocycles. The van der Waals surface area contributed by atoms with Crippen molar-refractivity contribution in [3.8, 4) is 11.5 Å². The average molecular weight is 310 g/mol. The third-order valence-electron chi connectivity index (χ3n) is 4.04. The van der Waals surface area contributed by atoms with Crippen molar-refractivity contribution in [2.24, 2.45) is 5.92 Å². The van der Waals surface area contributed by atoms with E-state index in [1.807, 2.05) is 18.2 Å². The molecule has 1 saturated heterocycles. The van der Waals surface area contributed by atoms with Crippen LogP contribution in [-0.2, 0) is 16.0 Å². The first kappa shape index (κ1) is 13.8. The number of fused-ring (bicyclic) bond motifs is 1. The molecular weight excluding hydrogens is 296 g/mol. The molecule has 2 aromatic rings. The zero-order chi connectivity index (χ0) is 15.8. The molecule has 0 aliphatic carbocycles. The van der Waals surface area contributed by atoms with Gasteiger partial charge >= 0.3 is 0 Å². The zero-order valence-corrected chi connectivity index (χ0v) is 12.3. The Morgan fingerprint density at radius 2 is 2.00 bits per heavy atom. The zero-order valence-electron chi connectivity index (χ0n) is 12.3. The minimum atomic E-state index is -0.372. The molecule has 23 heavy (non-hydrogen) atoms. The average Bonchev–Trinajstić information content (AvgIpc) is 3.13. The highest BCUT2D eigenvalue weighted by Gasteiger charge is 2.40. The molecule has 1 atom stereocenters. The van der Waals surface area contributed by atoms with Gasteiger partial charge in [-0.05, 0) is 24.3 Å². The number of hydrogen-bond acceptors (Lipinski definition) is 5. The van der Waals surface area contributed by atoms with Gasteiger partial charge in [0.05, 0.1) is 11.6 Å². The lowest BCUT2D eigenvalue weighted by molar-refractivity contribution is -0.122. The van der Waals surface area contributed by atoms with Crippen LogP contribution in [-0.4, -0.2) is 23.6 Å². The van der Waals surface area contributed by atoms with Gasteiger partial charge in [-0.15, -0.1) is 0 Å². The SMILES string of the molecule is O=C1CC(Cc2ccccn2)C(=O)N1c1ccc2c(c1)OCO2. The first-order valence-corrected chi connectivity index (χ1v) is 7.39. The monoisotopic (exact) mass is 310 g/mol. The van der Waals surface area contributed by atoms with E-state index in [1.165, 1.54) is 4.90 Å². The fourth-order valence-electron chi connectivity index (χ4n) is 2.92. The molecule has 0 radical (unpaired) electrons. The van der Waals surface area contributed by atoms with Gasteiger partial charge in [-0.1, -0.05) is 6.07 Å². The Hall–Kier alpha value is -2.89. The molecule has 2 amide bonds. The van der Waals surface area contributed by atoms with Crippen LogP contribution in [0.1, 0.15) is 12.1 Å². The van der Waals surface area contributed by atoms with Gasteiger partial charge in [-0.25, -0.2) is 0 Å². The van der Waals surface area contributed by atoms with Crippen molar-refractivity contribution < 1.29 is 19.1 Å². The lowest BCUT2D eigenvalue weighted by Gasteiger charge is -2.15. The number of ether oxygens (including phenoxy) is 2. The number of carbonyl (C=O) groups excluding carboxylic acids is 2. The lowest BCUT2D eigenvalue weighted by atomic mass is 10.0. The molecule has 4 rings (SSSR count). The molecule has 1 aromatic carbocycles. The van der Waals surface area contributed by atoms with Gasteiger partial charge in [-0.2, -0.15) is 0 Å². The maximum absolute atomic E-state index is 12.6. The minimum absolute atomic E-state index is 0.156. The summed E-state index contributed by atoms with van der Waals surface area (Å²) in [6.45, 7) is 0.156. The number of carbonyl (C=O) groups is 2. The topological polar surface area (TPSA) is 68.7 Å². The molecule has 1 unspecified atom stereocenters. The van der Waals surface area contributed by atoms with Gasteiger partial charge in [0.2, 0.25) is 18.6 Å². The summed E-state index contributed by atoms with van der Waals surface area (Å²) in [5, 5.41) is 0.